The van der Waals surface area contributed by atoms with E-state index < -0.39 is 30.1 Å². The number of para-hydroxylation sites is 1. The summed E-state index contributed by atoms with van der Waals surface area (Å²) in [7, 11) is 0. The molecule has 2 atom stereocenters. The molecule has 41 heavy (non-hydrogen) atoms. The lowest BCUT2D eigenvalue weighted by atomic mass is 9.90. The van der Waals surface area contributed by atoms with Gasteiger partial charge in [0.1, 0.15) is 6.04 Å². The van der Waals surface area contributed by atoms with Crippen molar-refractivity contribution in [2.75, 3.05) is 11.6 Å². The summed E-state index contributed by atoms with van der Waals surface area (Å²) in [4.78, 5) is 57.8. The monoisotopic (exact) mass is 554 g/mol. The summed E-state index contributed by atoms with van der Waals surface area (Å²) in [5, 5.41) is 2.82. The zero-order chi connectivity index (χ0) is 28.5. The van der Waals surface area contributed by atoms with Crippen LogP contribution in [0.15, 0.2) is 66.7 Å². The van der Waals surface area contributed by atoms with Gasteiger partial charge in [-0.3, -0.25) is 19.3 Å². The average Bonchev–Trinajstić information content (AvgIpc) is 3.47. The van der Waals surface area contributed by atoms with Crippen LogP contribution in [0.3, 0.4) is 0 Å². The molecule has 2 N–H and O–H groups in total. The summed E-state index contributed by atoms with van der Waals surface area (Å²) in [5.74, 6) is 3.71. The van der Waals surface area contributed by atoms with Crippen LogP contribution in [-0.4, -0.2) is 58.3 Å². The summed E-state index contributed by atoms with van der Waals surface area (Å²) in [5.41, 5.74) is 1.40. The summed E-state index contributed by atoms with van der Waals surface area (Å²) in [6, 6.07) is 19.3. The van der Waals surface area contributed by atoms with Crippen molar-refractivity contribution in [3.63, 3.8) is 0 Å². The van der Waals surface area contributed by atoms with Gasteiger partial charge in [0.25, 0.3) is 5.91 Å². The minimum atomic E-state index is -0.975. The molecule has 0 bridgehead atoms. The predicted molar refractivity (Wildman–Crippen MR) is 153 cm³/mol. The van der Waals surface area contributed by atoms with Crippen LogP contribution in [-0.2, 0) is 25.5 Å². The standard InChI is InChI=1S/C32H34N4O5/c33-36-26-14-7-6-11-23(26)20-27(32(40)41-28-15-8-18-34(28)30(38)31(36)39)35(25-12-2-1-3-13-25)29(37)24-17-16-21-9-4-5-10-22(21)19-24/h4-7,9-11,14,16-17,19,25,27-28H,1-3,8,12-13,15,18,20,33H2. The van der Waals surface area contributed by atoms with Crippen LogP contribution in [0.25, 0.3) is 10.8 Å². The van der Waals surface area contributed by atoms with E-state index in [1.54, 1.807) is 29.2 Å². The Labute approximate surface area is 238 Å². The third kappa shape index (κ3) is 5.17. The molecule has 1 saturated heterocycles. The van der Waals surface area contributed by atoms with Crippen molar-refractivity contribution in [3.8, 4) is 0 Å². The highest BCUT2D eigenvalue weighted by Gasteiger charge is 2.43. The Morgan fingerprint density at radius 2 is 1.56 bits per heavy atom. The van der Waals surface area contributed by atoms with Crippen LogP contribution in [0.5, 0.6) is 0 Å². The minimum absolute atomic E-state index is 0.0900. The Morgan fingerprint density at radius 1 is 0.829 bits per heavy atom. The molecule has 3 amide bonds. The molecule has 0 radical (unpaired) electrons. The molecule has 1 aliphatic carbocycles. The zero-order valence-corrected chi connectivity index (χ0v) is 22.9. The maximum Gasteiger partial charge on any atom is 0.331 e. The first-order valence-electron chi connectivity index (χ1n) is 14.4. The van der Waals surface area contributed by atoms with Gasteiger partial charge in [-0.2, -0.15) is 0 Å². The van der Waals surface area contributed by atoms with Gasteiger partial charge in [0, 0.05) is 31.0 Å². The molecule has 212 valence electrons. The number of amides is 3. The SMILES string of the molecule is NN1C(=O)C(=O)N2CCCC2OC(=O)C(N(C(=O)c2ccc3ccccc3c2)C2CCCCC2)Cc2ccccc21. The number of fused-ring (bicyclic) bond motifs is 3. The largest absolute Gasteiger partial charge is 0.440 e. The number of nitrogens with zero attached hydrogens (tertiary/aromatic N) is 3. The van der Waals surface area contributed by atoms with Crippen molar-refractivity contribution in [1.82, 2.24) is 9.80 Å². The number of carbonyl (C=O) groups is 4. The molecule has 2 heterocycles. The number of rotatable bonds is 3. The lowest BCUT2D eigenvalue weighted by Crippen LogP contribution is -2.54. The topological polar surface area (TPSA) is 113 Å². The average molecular weight is 555 g/mol. The zero-order valence-electron chi connectivity index (χ0n) is 22.9. The number of hydrogen-bond donors (Lipinski definition) is 1. The maximum atomic E-state index is 14.4. The normalized spacial score (nSPS) is 22.1. The second-order valence-corrected chi connectivity index (χ2v) is 11.1. The molecular formula is C32H34N4O5. The molecule has 3 aromatic rings. The molecule has 9 heteroatoms. The third-order valence-electron chi connectivity index (χ3n) is 8.58. The van der Waals surface area contributed by atoms with Gasteiger partial charge >= 0.3 is 17.8 Å². The van der Waals surface area contributed by atoms with E-state index in [2.05, 4.69) is 0 Å². The van der Waals surface area contributed by atoms with Crippen LogP contribution < -0.4 is 10.9 Å². The number of ether oxygens (including phenoxy) is 1. The van der Waals surface area contributed by atoms with E-state index in [0.717, 1.165) is 47.9 Å². The van der Waals surface area contributed by atoms with Crippen LogP contribution in [0.4, 0.5) is 5.69 Å². The number of benzene rings is 3. The number of hydrogen-bond acceptors (Lipinski definition) is 6. The van der Waals surface area contributed by atoms with Crippen LogP contribution in [0, 0.1) is 0 Å². The fourth-order valence-corrected chi connectivity index (χ4v) is 6.45. The second kappa shape index (κ2) is 11.3. The molecule has 3 aliphatic rings. The first-order valence-corrected chi connectivity index (χ1v) is 14.4. The highest BCUT2D eigenvalue weighted by atomic mass is 16.6. The number of nitrogens with two attached hydrogens (primary N) is 1. The van der Waals surface area contributed by atoms with Crippen molar-refractivity contribution >= 4 is 40.2 Å². The van der Waals surface area contributed by atoms with Gasteiger partial charge in [0.05, 0.1) is 5.69 Å². The fourth-order valence-electron chi connectivity index (χ4n) is 6.45. The van der Waals surface area contributed by atoms with E-state index in [1.807, 2.05) is 42.5 Å². The molecular weight excluding hydrogens is 520 g/mol. The predicted octanol–water partition coefficient (Wildman–Crippen LogP) is 3.94. The van der Waals surface area contributed by atoms with E-state index in [1.165, 1.54) is 4.90 Å². The first-order chi connectivity index (χ1) is 19.9. The smallest absolute Gasteiger partial charge is 0.331 e. The van der Waals surface area contributed by atoms with Gasteiger partial charge in [0.2, 0.25) is 0 Å². The van der Waals surface area contributed by atoms with Crippen molar-refractivity contribution in [1.29, 1.82) is 0 Å². The minimum Gasteiger partial charge on any atom is -0.440 e. The van der Waals surface area contributed by atoms with Gasteiger partial charge in [-0.05, 0) is 53.8 Å². The number of anilines is 1. The molecule has 3 aromatic carbocycles. The van der Waals surface area contributed by atoms with Crippen molar-refractivity contribution < 1.29 is 23.9 Å². The van der Waals surface area contributed by atoms with Gasteiger partial charge in [-0.1, -0.05) is 67.8 Å². The van der Waals surface area contributed by atoms with Gasteiger partial charge in [-0.25, -0.2) is 15.6 Å². The Morgan fingerprint density at radius 3 is 2.37 bits per heavy atom. The Bertz CT molecular complexity index is 1500. The van der Waals surface area contributed by atoms with Crippen LogP contribution in [0.1, 0.15) is 60.9 Å². The molecule has 0 aromatic heterocycles. The maximum absolute atomic E-state index is 14.4. The van der Waals surface area contributed by atoms with E-state index in [9.17, 15) is 19.2 Å². The van der Waals surface area contributed by atoms with Crippen molar-refractivity contribution in [2.24, 2.45) is 5.84 Å². The number of esters is 1. The Balaban J connectivity index is 1.46. The fraction of sp³-hybridized carbons (Fsp3) is 0.375. The molecule has 2 fully saturated rings. The lowest BCUT2D eigenvalue weighted by Gasteiger charge is -2.39. The van der Waals surface area contributed by atoms with Crippen molar-refractivity contribution in [2.45, 2.75) is 69.7 Å². The number of hydrazine groups is 1. The van der Waals surface area contributed by atoms with Gasteiger partial charge < -0.3 is 9.64 Å². The summed E-state index contributed by atoms with van der Waals surface area (Å²) in [6.07, 6.45) is 4.76. The first kappa shape index (κ1) is 27.0. The van der Waals surface area contributed by atoms with Gasteiger partial charge in [-0.15, -0.1) is 0 Å². The molecule has 9 nitrogen and oxygen atoms in total. The van der Waals surface area contributed by atoms with Crippen LogP contribution >= 0.6 is 0 Å². The number of carbonyl (C=O) groups excluding carboxylic acids is 4. The molecule has 1 saturated carbocycles. The quantitative estimate of drug-likeness (QED) is 0.227. The van der Waals surface area contributed by atoms with E-state index in [0.29, 0.717) is 29.7 Å². The Hall–Kier alpha value is -4.24. The third-order valence-corrected chi connectivity index (χ3v) is 8.58. The van der Waals surface area contributed by atoms with E-state index in [4.69, 9.17) is 10.6 Å². The molecule has 2 aliphatic heterocycles. The molecule has 6 rings (SSSR count). The summed E-state index contributed by atoms with van der Waals surface area (Å²) < 4.78 is 5.98. The molecule has 0 spiro atoms. The highest BCUT2D eigenvalue weighted by Crippen LogP contribution is 2.32. The lowest BCUT2D eigenvalue weighted by molar-refractivity contribution is -0.168. The Kier molecular flexibility index (Phi) is 7.45. The van der Waals surface area contributed by atoms with E-state index in [-0.39, 0.29) is 24.9 Å². The van der Waals surface area contributed by atoms with E-state index >= 15 is 0 Å². The van der Waals surface area contributed by atoms with Crippen LogP contribution in [0.2, 0.25) is 0 Å². The molecule has 2 unspecified atom stereocenters. The highest BCUT2D eigenvalue weighted by molar-refractivity contribution is 6.40. The summed E-state index contributed by atoms with van der Waals surface area (Å²) >= 11 is 0. The summed E-state index contributed by atoms with van der Waals surface area (Å²) in [6.45, 7) is 0.283. The second-order valence-electron chi connectivity index (χ2n) is 11.1. The van der Waals surface area contributed by atoms with Gasteiger partial charge in [0.15, 0.2) is 6.23 Å². The van der Waals surface area contributed by atoms with Crippen molar-refractivity contribution in [3.05, 3.63) is 77.9 Å².